The van der Waals surface area contributed by atoms with Crippen molar-refractivity contribution in [3.63, 3.8) is 0 Å². The number of aliphatic hydroxyl groups is 3. The summed E-state index contributed by atoms with van der Waals surface area (Å²) in [5.41, 5.74) is 0. The van der Waals surface area contributed by atoms with E-state index in [1.807, 2.05) is 0 Å². The summed E-state index contributed by atoms with van der Waals surface area (Å²) in [7, 11) is 0. The molecule has 3 N–H and O–H groups in total. The van der Waals surface area contributed by atoms with E-state index in [2.05, 4.69) is 0 Å². The zero-order valence-corrected chi connectivity index (χ0v) is 7.13. The molecule has 5 heteroatoms. The quantitative estimate of drug-likeness (QED) is 0.440. The van der Waals surface area contributed by atoms with Gasteiger partial charge >= 0.3 is 0 Å². The topological polar surface area (TPSA) is 81.0 Å². The van der Waals surface area contributed by atoms with Gasteiger partial charge in [-0.2, -0.15) is 0 Å². The molecule has 0 spiro atoms. The molecule has 0 aromatic carbocycles. The fourth-order valence-corrected chi connectivity index (χ4v) is 2.32. The Labute approximate surface area is 75.6 Å². The van der Waals surface area contributed by atoms with E-state index in [1.165, 1.54) is 4.90 Å². The molecule has 74 valence electrons. The van der Waals surface area contributed by atoms with Crippen LogP contribution in [0.2, 0.25) is 0 Å². The van der Waals surface area contributed by atoms with Gasteiger partial charge in [0.05, 0.1) is 18.8 Å². The third kappa shape index (κ3) is 1.08. The van der Waals surface area contributed by atoms with Gasteiger partial charge in [0.25, 0.3) is 5.91 Å². The second kappa shape index (κ2) is 2.94. The minimum absolute atomic E-state index is 0.259. The van der Waals surface area contributed by atoms with Crippen LogP contribution in [-0.2, 0) is 4.79 Å². The molecule has 0 aliphatic carbocycles. The molecule has 0 radical (unpaired) electrons. The molecule has 2 fully saturated rings. The first-order chi connectivity index (χ1) is 6.16. The molecule has 0 bridgehead atoms. The molecule has 2 aliphatic rings. The second-order valence-corrected chi connectivity index (χ2v) is 3.67. The summed E-state index contributed by atoms with van der Waals surface area (Å²) >= 11 is 0. The van der Waals surface area contributed by atoms with Gasteiger partial charge in [0.1, 0.15) is 6.10 Å². The first-order valence-electron chi connectivity index (χ1n) is 4.44. The molecule has 0 unspecified atom stereocenters. The smallest absolute Gasteiger partial charge is 0.252 e. The molecule has 13 heavy (non-hydrogen) atoms. The minimum atomic E-state index is -1.13. The lowest BCUT2D eigenvalue weighted by atomic mass is 9.95. The van der Waals surface area contributed by atoms with Crippen molar-refractivity contribution in [2.75, 3.05) is 13.2 Å². The standard InChI is InChI=1S/C8H13NO4/c10-3-4-6-5(11)1-2-9(6)8(13)7(4)12/h4-7,10-12H,1-3H2/t4-,5+,6+,7+/m1/s1. The van der Waals surface area contributed by atoms with E-state index in [1.54, 1.807) is 0 Å². The van der Waals surface area contributed by atoms with Crippen LogP contribution in [0.25, 0.3) is 0 Å². The minimum Gasteiger partial charge on any atom is -0.396 e. The lowest BCUT2D eigenvalue weighted by molar-refractivity contribution is -0.135. The molecule has 0 aromatic heterocycles. The number of rotatable bonds is 1. The van der Waals surface area contributed by atoms with E-state index >= 15 is 0 Å². The van der Waals surface area contributed by atoms with Crippen molar-refractivity contribution < 1.29 is 20.1 Å². The normalized spacial score (nSPS) is 44.2. The summed E-state index contributed by atoms with van der Waals surface area (Å²) in [6, 6.07) is -0.382. The molecule has 2 heterocycles. The third-order valence-corrected chi connectivity index (χ3v) is 3.01. The Balaban J connectivity index is 2.25. The first kappa shape index (κ1) is 8.93. The molecule has 2 saturated heterocycles. The fraction of sp³-hybridized carbons (Fsp3) is 0.875. The van der Waals surface area contributed by atoms with E-state index < -0.39 is 18.1 Å². The van der Waals surface area contributed by atoms with Crippen LogP contribution in [0, 0.1) is 5.92 Å². The maximum absolute atomic E-state index is 11.4. The van der Waals surface area contributed by atoms with Crippen molar-refractivity contribution in [3.05, 3.63) is 0 Å². The van der Waals surface area contributed by atoms with Gasteiger partial charge in [-0.15, -0.1) is 0 Å². The predicted molar refractivity (Wildman–Crippen MR) is 42.7 cm³/mol. The Kier molecular flexibility index (Phi) is 2.02. The van der Waals surface area contributed by atoms with Gasteiger partial charge in [-0.05, 0) is 6.42 Å². The largest absolute Gasteiger partial charge is 0.396 e. The summed E-state index contributed by atoms with van der Waals surface area (Å²) in [4.78, 5) is 12.8. The number of carbonyl (C=O) groups is 1. The highest BCUT2D eigenvalue weighted by atomic mass is 16.3. The number of nitrogens with zero attached hydrogens (tertiary/aromatic N) is 1. The highest BCUT2D eigenvalue weighted by Crippen LogP contribution is 2.33. The van der Waals surface area contributed by atoms with Gasteiger partial charge in [0.2, 0.25) is 0 Å². The SMILES string of the molecule is O=C1[C@@H](O)[C@H](CO)[C@H]2[C@@H](O)CCN12. The Bertz CT molecular complexity index is 232. The van der Waals surface area contributed by atoms with Crippen LogP contribution in [0.3, 0.4) is 0 Å². The van der Waals surface area contributed by atoms with Gasteiger partial charge in [-0.3, -0.25) is 4.79 Å². The second-order valence-electron chi connectivity index (χ2n) is 3.67. The Morgan fingerprint density at radius 3 is 2.77 bits per heavy atom. The van der Waals surface area contributed by atoms with Crippen LogP contribution in [0.1, 0.15) is 6.42 Å². The molecule has 4 atom stereocenters. The molecule has 5 nitrogen and oxygen atoms in total. The lowest BCUT2D eigenvalue weighted by Crippen LogP contribution is -2.36. The van der Waals surface area contributed by atoms with Crippen LogP contribution in [0.4, 0.5) is 0 Å². The van der Waals surface area contributed by atoms with Crippen molar-refractivity contribution in [3.8, 4) is 0 Å². The zero-order valence-electron chi connectivity index (χ0n) is 7.13. The van der Waals surface area contributed by atoms with Crippen LogP contribution in [0.5, 0.6) is 0 Å². The van der Waals surface area contributed by atoms with Gasteiger partial charge in [-0.1, -0.05) is 0 Å². The number of hydrogen-bond acceptors (Lipinski definition) is 4. The summed E-state index contributed by atoms with van der Waals surface area (Å²) in [6.07, 6.45) is -1.19. The Morgan fingerprint density at radius 1 is 1.46 bits per heavy atom. The van der Waals surface area contributed by atoms with Crippen molar-refractivity contribution in [1.29, 1.82) is 0 Å². The third-order valence-electron chi connectivity index (χ3n) is 3.01. The molecular weight excluding hydrogens is 174 g/mol. The van der Waals surface area contributed by atoms with Crippen LogP contribution in [0.15, 0.2) is 0 Å². The summed E-state index contributed by atoms with van der Waals surface area (Å²) in [6.45, 7) is 0.226. The van der Waals surface area contributed by atoms with Gasteiger partial charge < -0.3 is 20.2 Å². The van der Waals surface area contributed by atoms with E-state index in [9.17, 15) is 15.0 Å². The lowest BCUT2D eigenvalue weighted by Gasteiger charge is -2.21. The van der Waals surface area contributed by atoms with Crippen molar-refractivity contribution >= 4 is 5.91 Å². The van der Waals surface area contributed by atoms with Gasteiger partial charge in [0, 0.05) is 12.5 Å². The fourth-order valence-electron chi connectivity index (χ4n) is 2.32. The van der Waals surface area contributed by atoms with E-state index in [0.29, 0.717) is 13.0 Å². The molecule has 2 aliphatic heterocycles. The maximum Gasteiger partial charge on any atom is 0.252 e. The van der Waals surface area contributed by atoms with Crippen LogP contribution in [-0.4, -0.2) is 57.5 Å². The van der Waals surface area contributed by atoms with Gasteiger partial charge in [0.15, 0.2) is 0 Å². The average molecular weight is 187 g/mol. The number of carbonyl (C=O) groups excluding carboxylic acids is 1. The predicted octanol–water partition coefficient (Wildman–Crippen LogP) is -2.07. The molecule has 2 rings (SSSR count). The Hall–Kier alpha value is -0.650. The van der Waals surface area contributed by atoms with E-state index in [0.717, 1.165) is 0 Å². The number of fused-ring (bicyclic) bond motifs is 1. The monoisotopic (exact) mass is 187 g/mol. The number of aliphatic hydroxyl groups excluding tert-OH is 3. The molecule has 0 aromatic rings. The zero-order chi connectivity index (χ0) is 9.59. The van der Waals surface area contributed by atoms with E-state index in [-0.39, 0.29) is 18.6 Å². The highest BCUT2D eigenvalue weighted by Gasteiger charge is 2.52. The summed E-state index contributed by atoms with van der Waals surface area (Å²) < 4.78 is 0. The van der Waals surface area contributed by atoms with Crippen molar-refractivity contribution in [2.45, 2.75) is 24.7 Å². The van der Waals surface area contributed by atoms with Crippen LogP contribution < -0.4 is 0 Å². The van der Waals surface area contributed by atoms with Gasteiger partial charge in [-0.25, -0.2) is 0 Å². The number of hydrogen-bond donors (Lipinski definition) is 3. The maximum atomic E-state index is 11.4. The first-order valence-corrected chi connectivity index (χ1v) is 4.44. The molecule has 1 amide bonds. The average Bonchev–Trinajstić information content (AvgIpc) is 2.58. The highest BCUT2D eigenvalue weighted by molar-refractivity contribution is 5.84. The molecular formula is C8H13NO4. The Morgan fingerprint density at radius 2 is 2.15 bits per heavy atom. The van der Waals surface area contributed by atoms with Crippen molar-refractivity contribution in [2.24, 2.45) is 5.92 Å². The van der Waals surface area contributed by atoms with E-state index in [4.69, 9.17) is 5.11 Å². The summed E-state index contributed by atoms with van der Waals surface area (Å²) in [5, 5.41) is 27.9. The summed E-state index contributed by atoms with van der Waals surface area (Å²) in [5.74, 6) is -0.884. The van der Waals surface area contributed by atoms with Crippen LogP contribution >= 0.6 is 0 Å². The number of amides is 1. The molecule has 0 saturated carbocycles. The van der Waals surface area contributed by atoms with Crippen molar-refractivity contribution in [1.82, 2.24) is 4.90 Å².